The summed E-state index contributed by atoms with van der Waals surface area (Å²) in [6.07, 6.45) is 5.25. The van der Waals surface area contributed by atoms with E-state index in [1.807, 2.05) is 13.1 Å². The molecule has 90 valence electrons. The molecule has 1 heterocycles. The molecule has 3 nitrogen and oxygen atoms in total. The Bertz CT molecular complexity index is 293. The van der Waals surface area contributed by atoms with Crippen LogP contribution < -0.4 is 10.6 Å². The van der Waals surface area contributed by atoms with Gasteiger partial charge < -0.3 is 10.6 Å². The summed E-state index contributed by atoms with van der Waals surface area (Å²) in [5, 5.41) is 0. The molecule has 0 radical (unpaired) electrons. The van der Waals surface area contributed by atoms with Crippen molar-refractivity contribution < 1.29 is 0 Å². The number of hydrogen-bond donors (Lipinski definition) is 1. The highest BCUT2D eigenvalue weighted by atomic mass is 15.2. The molecule has 0 aliphatic carbocycles. The minimum Gasteiger partial charge on any atom is -0.360 e. The Morgan fingerprint density at radius 1 is 1.44 bits per heavy atom. The van der Waals surface area contributed by atoms with Crippen molar-refractivity contribution in [1.82, 2.24) is 4.98 Å². The van der Waals surface area contributed by atoms with Crippen molar-refractivity contribution in [3.8, 4) is 0 Å². The van der Waals surface area contributed by atoms with Crippen LogP contribution in [0.5, 0.6) is 0 Å². The van der Waals surface area contributed by atoms with Crippen LogP contribution >= 0.6 is 0 Å². The molecule has 0 aliphatic rings. The van der Waals surface area contributed by atoms with Crippen LogP contribution in [0.2, 0.25) is 0 Å². The molecular formula is C13H23N3. The Hall–Kier alpha value is -1.09. The number of nitrogens with two attached hydrogens (primary N) is 1. The third-order valence-electron chi connectivity index (χ3n) is 2.60. The van der Waals surface area contributed by atoms with E-state index in [1.54, 1.807) is 0 Å². The maximum absolute atomic E-state index is 5.75. The average Bonchev–Trinajstić information content (AvgIpc) is 2.26. The predicted octanol–water partition coefficient (Wildman–Crippen LogP) is 2.21. The van der Waals surface area contributed by atoms with E-state index in [4.69, 9.17) is 5.73 Å². The first-order chi connectivity index (χ1) is 7.63. The molecule has 0 bridgehead atoms. The van der Waals surface area contributed by atoms with Crippen molar-refractivity contribution in [2.45, 2.75) is 39.2 Å². The van der Waals surface area contributed by atoms with E-state index in [9.17, 15) is 0 Å². The summed E-state index contributed by atoms with van der Waals surface area (Å²) in [4.78, 5) is 6.65. The van der Waals surface area contributed by atoms with Crippen LogP contribution in [0.15, 0.2) is 18.3 Å². The van der Waals surface area contributed by atoms with E-state index in [0.29, 0.717) is 0 Å². The fraction of sp³-hybridized carbons (Fsp3) is 0.615. The zero-order chi connectivity index (χ0) is 12.0. The van der Waals surface area contributed by atoms with E-state index in [1.165, 1.54) is 18.4 Å². The molecule has 0 fully saturated rings. The summed E-state index contributed by atoms with van der Waals surface area (Å²) in [5.41, 5.74) is 6.96. The normalized spacial score (nSPS) is 12.5. The van der Waals surface area contributed by atoms with Crippen molar-refractivity contribution in [2.24, 2.45) is 5.73 Å². The quantitative estimate of drug-likeness (QED) is 0.801. The van der Waals surface area contributed by atoms with Crippen LogP contribution in [0.25, 0.3) is 0 Å². The lowest BCUT2D eigenvalue weighted by Crippen LogP contribution is -2.20. The van der Waals surface area contributed by atoms with Gasteiger partial charge in [-0.05, 0) is 31.4 Å². The fourth-order valence-electron chi connectivity index (χ4n) is 1.64. The topological polar surface area (TPSA) is 42.1 Å². The van der Waals surface area contributed by atoms with Gasteiger partial charge in [0.25, 0.3) is 0 Å². The average molecular weight is 221 g/mol. The minimum atomic E-state index is 0.200. The van der Waals surface area contributed by atoms with Crippen LogP contribution in [0, 0.1) is 0 Å². The van der Waals surface area contributed by atoms with E-state index < -0.39 is 0 Å². The number of pyridine rings is 1. The molecule has 0 saturated carbocycles. The summed E-state index contributed by atoms with van der Waals surface area (Å²) in [5.74, 6) is 1.04. The summed E-state index contributed by atoms with van der Waals surface area (Å²) >= 11 is 0. The zero-order valence-corrected chi connectivity index (χ0v) is 10.6. The van der Waals surface area contributed by atoms with Gasteiger partial charge in [-0.25, -0.2) is 4.98 Å². The second-order valence-corrected chi connectivity index (χ2v) is 4.48. The Kier molecular flexibility index (Phi) is 5.26. The predicted molar refractivity (Wildman–Crippen MR) is 69.8 cm³/mol. The third-order valence-corrected chi connectivity index (χ3v) is 2.60. The van der Waals surface area contributed by atoms with Gasteiger partial charge in [-0.15, -0.1) is 0 Å². The first kappa shape index (κ1) is 13.0. The molecule has 3 heteroatoms. The lowest BCUT2D eigenvalue weighted by Gasteiger charge is -2.18. The van der Waals surface area contributed by atoms with Crippen molar-refractivity contribution in [3.05, 3.63) is 23.9 Å². The lowest BCUT2D eigenvalue weighted by molar-refractivity contribution is 0.732. The van der Waals surface area contributed by atoms with Gasteiger partial charge in [-0.2, -0.15) is 0 Å². The second-order valence-electron chi connectivity index (χ2n) is 4.48. The van der Waals surface area contributed by atoms with Gasteiger partial charge >= 0.3 is 0 Å². The smallest absolute Gasteiger partial charge is 0.128 e. The summed E-state index contributed by atoms with van der Waals surface area (Å²) < 4.78 is 0. The molecule has 0 saturated heterocycles. The number of unbranched alkanes of at least 4 members (excludes halogenated alkanes) is 1. The monoisotopic (exact) mass is 221 g/mol. The van der Waals surface area contributed by atoms with E-state index >= 15 is 0 Å². The first-order valence-electron chi connectivity index (χ1n) is 6.05. The molecule has 2 N–H and O–H groups in total. The molecule has 1 atom stereocenters. The van der Waals surface area contributed by atoms with Crippen LogP contribution in [-0.4, -0.2) is 24.6 Å². The van der Waals surface area contributed by atoms with Gasteiger partial charge in [0.15, 0.2) is 0 Å². The fourth-order valence-corrected chi connectivity index (χ4v) is 1.64. The SMILES string of the molecule is CCCCN(C)c1ccc(CC(C)N)cn1. The molecule has 1 aromatic heterocycles. The minimum absolute atomic E-state index is 0.200. The number of hydrogen-bond acceptors (Lipinski definition) is 3. The largest absolute Gasteiger partial charge is 0.360 e. The van der Waals surface area contributed by atoms with Gasteiger partial charge in [-0.3, -0.25) is 0 Å². The Balaban J connectivity index is 2.56. The highest BCUT2D eigenvalue weighted by Gasteiger charge is 2.02. The van der Waals surface area contributed by atoms with E-state index in [0.717, 1.165) is 18.8 Å². The molecule has 0 aromatic carbocycles. The van der Waals surface area contributed by atoms with Gasteiger partial charge in [0.2, 0.25) is 0 Å². The summed E-state index contributed by atoms with van der Waals surface area (Å²) in [6.45, 7) is 5.28. The number of aromatic nitrogens is 1. The van der Waals surface area contributed by atoms with Crippen molar-refractivity contribution >= 4 is 5.82 Å². The molecular weight excluding hydrogens is 198 g/mol. The molecule has 1 rings (SSSR count). The lowest BCUT2D eigenvalue weighted by atomic mass is 10.1. The van der Waals surface area contributed by atoms with Crippen molar-refractivity contribution in [3.63, 3.8) is 0 Å². The molecule has 0 amide bonds. The van der Waals surface area contributed by atoms with Crippen LogP contribution in [0.4, 0.5) is 5.82 Å². The standard InChI is InChI=1S/C13H23N3/c1-4-5-8-16(3)13-7-6-12(10-15-13)9-11(2)14/h6-7,10-11H,4-5,8-9,14H2,1-3H3. The van der Waals surface area contributed by atoms with E-state index in [-0.39, 0.29) is 6.04 Å². The second kappa shape index (κ2) is 6.48. The van der Waals surface area contributed by atoms with E-state index in [2.05, 4.69) is 36.0 Å². The third kappa shape index (κ3) is 4.19. The number of nitrogens with zero attached hydrogens (tertiary/aromatic N) is 2. The van der Waals surface area contributed by atoms with Gasteiger partial charge in [0.1, 0.15) is 5.82 Å². The molecule has 1 aromatic rings. The summed E-state index contributed by atoms with van der Waals surface area (Å²) in [7, 11) is 2.09. The molecule has 0 spiro atoms. The van der Waals surface area contributed by atoms with Gasteiger partial charge in [0, 0.05) is 25.8 Å². The Morgan fingerprint density at radius 2 is 2.19 bits per heavy atom. The van der Waals surface area contributed by atoms with Gasteiger partial charge in [-0.1, -0.05) is 19.4 Å². The Labute approximate surface area is 98.7 Å². The molecule has 0 aliphatic heterocycles. The Morgan fingerprint density at radius 3 is 2.69 bits per heavy atom. The summed E-state index contributed by atoms with van der Waals surface area (Å²) in [6, 6.07) is 4.40. The van der Waals surface area contributed by atoms with Gasteiger partial charge in [0.05, 0.1) is 0 Å². The van der Waals surface area contributed by atoms with Crippen molar-refractivity contribution in [1.29, 1.82) is 0 Å². The maximum Gasteiger partial charge on any atom is 0.128 e. The van der Waals surface area contributed by atoms with Crippen LogP contribution in [-0.2, 0) is 6.42 Å². The molecule has 16 heavy (non-hydrogen) atoms. The number of rotatable bonds is 6. The maximum atomic E-state index is 5.75. The zero-order valence-electron chi connectivity index (χ0n) is 10.6. The molecule has 1 unspecified atom stereocenters. The van der Waals surface area contributed by atoms with Crippen LogP contribution in [0.1, 0.15) is 32.3 Å². The highest BCUT2D eigenvalue weighted by Crippen LogP contribution is 2.11. The number of anilines is 1. The van der Waals surface area contributed by atoms with Crippen LogP contribution in [0.3, 0.4) is 0 Å². The highest BCUT2D eigenvalue weighted by molar-refractivity contribution is 5.38. The van der Waals surface area contributed by atoms with Crippen molar-refractivity contribution in [2.75, 3.05) is 18.5 Å². The first-order valence-corrected chi connectivity index (χ1v) is 6.05.